The molecule has 2 bridgehead atoms. The Balaban J connectivity index is 1.74. The van der Waals surface area contributed by atoms with Gasteiger partial charge in [-0.3, -0.25) is 14.4 Å². The molecule has 1 saturated carbocycles. The maximum atomic E-state index is 14.0. The van der Waals surface area contributed by atoms with Crippen molar-refractivity contribution in [1.82, 2.24) is 0 Å². The van der Waals surface area contributed by atoms with Crippen LogP contribution in [0, 0.1) is 16.2 Å². The highest BCUT2D eigenvalue weighted by molar-refractivity contribution is 6.18. The van der Waals surface area contributed by atoms with Crippen LogP contribution in [-0.2, 0) is 42.9 Å². The lowest BCUT2D eigenvalue weighted by Crippen LogP contribution is -2.73. The first-order valence-electron chi connectivity index (χ1n) is 11.1. The molecule has 4 aliphatic heterocycles. The molecule has 5 fully saturated rings. The number of esters is 1. The lowest BCUT2D eigenvalue weighted by Gasteiger charge is -2.60. The summed E-state index contributed by atoms with van der Waals surface area (Å²) in [7, 11) is 0. The van der Waals surface area contributed by atoms with Gasteiger partial charge < -0.3 is 23.7 Å². The molecule has 9 nitrogen and oxygen atoms in total. The van der Waals surface area contributed by atoms with Gasteiger partial charge in [0.15, 0.2) is 17.0 Å². The fraction of sp³-hybridized carbons (Fsp3) is 0.739. The Labute approximate surface area is 184 Å². The van der Waals surface area contributed by atoms with Gasteiger partial charge in [0.05, 0.1) is 12.7 Å². The lowest BCUT2D eigenvalue weighted by molar-refractivity contribution is -0.216. The molecule has 0 aromatic rings. The van der Waals surface area contributed by atoms with Gasteiger partial charge in [0.2, 0.25) is 11.4 Å². The fourth-order valence-electron chi connectivity index (χ4n) is 7.77. The zero-order valence-electron chi connectivity index (χ0n) is 18.4. The second-order valence-electron chi connectivity index (χ2n) is 10.4. The zero-order valence-corrected chi connectivity index (χ0v) is 18.4. The Hall–Kier alpha value is -1.94. The van der Waals surface area contributed by atoms with Crippen molar-refractivity contribution in [3.8, 4) is 0 Å². The van der Waals surface area contributed by atoms with Gasteiger partial charge in [0.25, 0.3) is 0 Å². The topological polar surface area (TPSA) is 118 Å². The van der Waals surface area contributed by atoms with Gasteiger partial charge >= 0.3 is 5.97 Å². The predicted octanol–water partition coefficient (Wildman–Crippen LogP) is 0.325. The van der Waals surface area contributed by atoms with Gasteiger partial charge in [-0.05, 0) is 19.8 Å². The summed E-state index contributed by atoms with van der Waals surface area (Å²) < 4.78 is 29.1. The third kappa shape index (κ3) is 1.83. The average Bonchev–Trinajstić information content (AvgIpc) is 3.53. The standard InChI is InChI=1S/C23H26O9/c1-12-4-5-19(2)16(6-12)31-18-21(11-30-21)20(19,3)22(13(24)7-28-8-14(22)25)23(18)15(26)9-29-10-17(27)32-23/h6,16,18H,4-5,7-11H2,1-3H3/t16-,18+,19+,20-,21+,23+/m1/s1. The van der Waals surface area contributed by atoms with Gasteiger partial charge in [-0.25, -0.2) is 4.79 Å². The largest absolute Gasteiger partial charge is 0.445 e. The maximum Gasteiger partial charge on any atom is 0.333 e. The quantitative estimate of drug-likeness (QED) is 0.224. The van der Waals surface area contributed by atoms with Crippen LogP contribution in [-0.4, -0.2) is 79.8 Å². The molecule has 9 heteroatoms. The lowest BCUT2D eigenvalue weighted by atomic mass is 9.42. The van der Waals surface area contributed by atoms with Crippen LogP contribution < -0.4 is 0 Å². The molecule has 0 aromatic heterocycles. The molecule has 3 spiro atoms. The molecule has 6 rings (SSSR count). The SMILES string of the molecule is CC1=C[C@H]2O[C@H]3[C@@]4(CO4)[C@](C)(C4(C(=O)COCC4=O)[C@@]34OC(=O)COCC4=O)[C@@]2(C)CC1. The van der Waals surface area contributed by atoms with Crippen molar-refractivity contribution in [3.05, 3.63) is 11.6 Å². The monoisotopic (exact) mass is 446 g/mol. The summed E-state index contributed by atoms with van der Waals surface area (Å²) in [6.45, 7) is 4.45. The van der Waals surface area contributed by atoms with Crippen LogP contribution in [0.2, 0.25) is 0 Å². The third-order valence-electron chi connectivity index (χ3n) is 9.37. The molecule has 32 heavy (non-hydrogen) atoms. The molecule has 0 radical (unpaired) electrons. The minimum Gasteiger partial charge on any atom is -0.445 e. The van der Waals surface area contributed by atoms with E-state index in [-0.39, 0.29) is 19.8 Å². The first-order valence-corrected chi connectivity index (χ1v) is 11.1. The van der Waals surface area contributed by atoms with Gasteiger partial charge in [-0.1, -0.05) is 25.5 Å². The second kappa shape index (κ2) is 5.94. The molecule has 0 unspecified atom stereocenters. The van der Waals surface area contributed by atoms with E-state index in [0.29, 0.717) is 6.42 Å². The van der Waals surface area contributed by atoms with E-state index in [1.807, 2.05) is 26.8 Å². The molecular formula is C23H26O9. The number of carbonyl (C=O) groups excluding carboxylic acids is 4. The van der Waals surface area contributed by atoms with Crippen LogP contribution in [0.25, 0.3) is 0 Å². The summed E-state index contributed by atoms with van der Waals surface area (Å²) in [4.78, 5) is 54.5. The first-order chi connectivity index (χ1) is 15.1. The predicted molar refractivity (Wildman–Crippen MR) is 104 cm³/mol. The zero-order chi connectivity index (χ0) is 22.7. The molecule has 0 N–H and O–H groups in total. The normalized spacial score (nSPS) is 49.2. The number of hydrogen-bond acceptors (Lipinski definition) is 9. The molecule has 0 amide bonds. The Morgan fingerprint density at radius 2 is 1.56 bits per heavy atom. The van der Waals surface area contributed by atoms with Gasteiger partial charge in [0.1, 0.15) is 38.1 Å². The van der Waals surface area contributed by atoms with E-state index in [1.54, 1.807) is 0 Å². The van der Waals surface area contributed by atoms with Crippen LogP contribution in [0.5, 0.6) is 0 Å². The number of allylic oxidation sites excluding steroid dienone is 1. The first kappa shape index (κ1) is 20.7. The number of carbonyl (C=O) groups is 4. The minimum absolute atomic E-state index is 0.204. The Kier molecular flexibility index (Phi) is 3.83. The molecule has 2 aliphatic carbocycles. The summed E-state index contributed by atoms with van der Waals surface area (Å²) in [6.07, 6.45) is 1.81. The maximum absolute atomic E-state index is 14.0. The number of ketones is 3. The van der Waals surface area contributed by atoms with E-state index in [4.69, 9.17) is 23.7 Å². The molecular weight excluding hydrogens is 420 g/mol. The van der Waals surface area contributed by atoms with E-state index in [1.165, 1.54) is 0 Å². The highest BCUT2D eigenvalue weighted by atomic mass is 16.7. The summed E-state index contributed by atoms with van der Waals surface area (Å²) in [5.74, 6) is -2.57. The van der Waals surface area contributed by atoms with E-state index >= 15 is 0 Å². The van der Waals surface area contributed by atoms with E-state index in [2.05, 4.69) is 0 Å². The van der Waals surface area contributed by atoms with E-state index < -0.39 is 76.2 Å². The summed E-state index contributed by atoms with van der Waals surface area (Å²) in [5, 5.41) is 0. The smallest absolute Gasteiger partial charge is 0.333 e. The van der Waals surface area contributed by atoms with E-state index in [0.717, 1.165) is 12.0 Å². The van der Waals surface area contributed by atoms with Gasteiger partial charge in [-0.2, -0.15) is 0 Å². The summed E-state index contributed by atoms with van der Waals surface area (Å²) >= 11 is 0. The summed E-state index contributed by atoms with van der Waals surface area (Å²) in [6, 6.07) is 0. The fourth-order valence-corrected chi connectivity index (χ4v) is 7.77. The van der Waals surface area contributed by atoms with Crippen molar-refractivity contribution < 1.29 is 42.9 Å². The van der Waals surface area contributed by atoms with Gasteiger partial charge in [0, 0.05) is 10.8 Å². The third-order valence-corrected chi connectivity index (χ3v) is 9.37. The van der Waals surface area contributed by atoms with Crippen LogP contribution in [0.3, 0.4) is 0 Å². The Bertz CT molecular complexity index is 993. The number of epoxide rings is 1. The number of fused-ring (bicyclic) bond motifs is 5. The molecule has 4 heterocycles. The average molecular weight is 446 g/mol. The number of hydrogen-bond donors (Lipinski definition) is 0. The molecule has 6 aliphatic rings. The number of rotatable bonds is 0. The second-order valence-corrected chi connectivity index (χ2v) is 10.4. The molecule has 172 valence electrons. The van der Waals surface area contributed by atoms with Crippen LogP contribution >= 0.6 is 0 Å². The van der Waals surface area contributed by atoms with E-state index in [9.17, 15) is 19.2 Å². The number of ether oxygens (including phenoxy) is 5. The summed E-state index contributed by atoms with van der Waals surface area (Å²) in [5.41, 5.74) is -6.03. The van der Waals surface area contributed by atoms with Crippen molar-refractivity contribution in [1.29, 1.82) is 0 Å². The van der Waals surface area contributed by atoms with Crippen molar-refractivity contribution >= 4 is 23.3 Å². The molecule has 0 aromatic carbocycles. The van der Waals surface area contributed by atoms with Crippen molar-refractivity contribution in [3.63, 3.8) is 0 Å². The number of Topliss-reactive ketones (excluding diaryl/α,β-unsaturated/α-hetero) is 3. The van der Waals surface area contributed by atoms with Crippen molar-refractivity contribution in [2.45, 2.75) is 57.0 Å². The molecule has 6 atom stereocenters. The van der Waals surface area contributed by atoms with Crippen molar-refractivity contribution in [2.24, 2.45) is 16.2 Å². The van der Waals surface area contributed by atoms with Gasteiger partial charge in [-0.15, -0.1) is 0 Å². The minimum atomic E-state index is -2.16. The highest BCUT2D eigenvalue weighted by Crippen LogP contribution is 2.81. The van der Waals surface area contributed by atoms with Crippen LogP contribution in [0.1, 0.15) is 33.6 Å². The molecule has 4 saturated heterocycles. The Morgan fingerprint density at radius 1 is 0.938 bits per heavy atom. The highest BCUT2D eigenvalue weighted by Gasteiger charge is 2.98. The van der Waals surface area contributed by atoms with Crippen LogP contribution in [0.15, 0.2) is 11.6 Å². The van der Waals surface area contributed by atoms with Crippen LogP contribution in [0.4, 0.5) is 0 Å². The Morgan fingerprint density at radius 3 is 2.22 bits per heavy atom. The van der Waals surface area contributed by atoms with Crippen molar-refractivity contribution in [2.75, 3.05) is 33.0 Å².